The topological polar surface area (TPSA) is 46.9 Å². The predicted octanol–water partition coefficient (Wildman–Crippen LogP) is 3.50. The number of carbonyl (C=O) groups excluding carboxylic acids is 1. The number of nitrogens with one attached hydrogen (secondary N) is 1. The highest BCUT2D eigenvalue weighted by molar-refractivity contribution is 6.33. The van der Waals surface area contributed by atoms with Crippen LogP contribution in [0.3, 0.4) is 0 Å². The van der Waals surface area contributed by atoms with Crippen LogP contribution in [0.25, 0.3) is 0 Å². The molecule has 1 N–H and O–H groups in total. The zero-order valence-electron chi connectivity index (χ0n) is 11.5. The third-order valence-electron chi connectivity index (χ3n) is 3.09. The second-order valence-electron chi connectivity index (χ2n) is 4.58. The van der Waals surface area contributed by atoms with E-state index in [4.69, 9.17) is 11.6 Å². The lowest BCUT2D eigenvalue weighted by atomic mass is 10.1. The van der Waals surface area contributed by atoms with Gasteiger partial charge in [-0.15, -0.1) is 0 Å². The summed E-state index contributed by atoms with van der Waals surface area (Å²) in [7, 11) is 1.41. The van der Waals surface area contributed by atoms with Crippen molar-refractivity contribution in [3.8, 4) is 0 Å². The molecule has 1 unspecified atom stereocenters. The van der Waals surface area contributed by atoms with Crippen molar-refractivity contribution < 1.29 is 13.6 Å². The molecule has 4 nitrogen and oxygen atoms in total. The molecular weight excluding hydrogens is 300 g/mol. The van der Waals surface area contributed by atoms with E-state index in [2.05, 4.69) is 10.4 Å². The average molecular weight is 314 g/mol. The van der Waals surface area contributed by atoms with E-state index in [1.807, 2.05) is 30.3 Å². The summed E-state index contributed by atoms with van der Waals surface area (Å²) < 4.78 is 26.9. The summed E-state index contributed by atoms with van der Waals surface area (Å²) in [5.74, 6) is -0.667. The average Bonchev–Trinajstić information content (AvgIpc) is 2.76. The molecule has 1 aromatic carbocycles. The number of halogens is 3. The van der Waals surface area contributed by atoms with Gasteiger partial charge < -0.3 is 5.32 Å². The predicted molar refractivity (Wildman–Crippen MR) is 75.5 cm³/mol. The first-order valence-electron chi connectivity index (χ1n) is 6.28. The minimum atomic E-state index is -2.86. The van der Waals surface area contributed by atoms with E-state index in [0.717, 1.165) is 10.2 Å². The molecule has 112 valence electrons. The lowest BCUT2D eigenvalue weighted by Gasteiger charge is -2.14. The SMILES string of the molecule is CC(NC(=O)c1c(C(F)F)nn(C)c1Cl)c1ccccc1. The molecular formula is C14H14ClF2N3O. The molecule has 1 aromatic heterocycles. The number of amides is 1. The van der Waals surface area contributed by atoms with Gasteiger partial charge in [0.25, 0.3) is 12.3 Å². The van der Waals surface area contributed by atoms with Crippen LogP contribution in [0.1, 0.15) is 41.0 Å². The smallest absolute Gasteiger partial charge is 0.283 e. The number of hydrogen-bond donors (Lipinski definition) is 1. The summed E-state index contributed by atoms with van der Waals surface area (Å²) in [5, 5.41) is 6.13. The molecule has 0 radical (unpaired) electrons. The number of alkyl halides is 2. The minimum Gasteiger partial charge on any atom is -0.345 e. The van der Waals surface area contributed by atoms with Gasteiger partial charge in [0.2, 0.25) is 0 Å². The fraction of sp³-hybridized carbons (Fsp3) is 0.286. The van der Waals surface area contributed by atoms with Crippen LogP contribution in [0.15, 0.2) is 30.3 Å². The van der Waals surface area contributed by atoms with E-state index >= 15 is 0 Å². The largest absolute Gasteiger partial charge is 0.345 e. The number of rotatable bonds is 4. The lowest BCUT2D eigenvalue weighted by molar-refractivity contribution is 0.0925. The van der Waals surface area contributed by atoms with E-state index < -0.39 is 18.0 Å². The molecule has 0 aliphatic heterocycles. The van der Waals surface area contributed by atoms with E-state index in [1.165, 1.54) is 7.05 Å². The van der Waals surface area contributed by atoms with Crippen molar-refractivity contribution in [1.29, 1.82) is 0 Å². The molecule has 2 rings (SSSR count). The Bertz CT molecular complexity index is 643. The van der Waals surface area contributed by atoms with Crippen LogP contribution in [0, 0.1) is 0 Å². The van der Waals surface area contributed by atoms with Gasteiger partial charge in [0.1, 0.15) is 16.4 Å². The quantitative estimate of drug-likeness (QED) is 0.939. The van der Waals surface area contributed by atoms with E-state index in [-0.39, 0.29) is 16.8 Å². The molecule has 0 spiro atoms. The molecule has 1 atom stereocenters. The minimum absolute atomic E-state index is 0.108. The van der Waals surface area contributed by atoms with E-state index in [1.54, 1.807) is 6.92 Å². The Morgan fingerprint density at radius 1 is 1.33 bits per heavy atom. The Balaban J connectivity index is 2.25. The molecule has 0 saturated carbocycles. The summed E-state index contributed by atoms with van der Waals surface area (Å²) >= 11 is 5.89. The molecule has 1 amide bonds. The standard InChI is InChI=1S/C14H14ClF2N3O/c1-8(9-6-4-3-5-7-9)18-14(21)10-11(13(16)17)19-20(2)12(10)15/h3-8,13H,1-2H3,(H,18,21). The van der Waals surface area contributed by atoms with Gasteiger partial charge >= 0.3 is 0 Å². The third kappa shape index (κ3) is 3.21. The first-order valence-corrected chi connectivity index (χ1v) is 6.66. The molecule has 0 bridgehead atoms. The fourth-order valence-corrected chi connectivity index (χ4v) is 2.20. The van der Waals surface area contributed by atoms with Gasteiger partial charge in [0.05, 0.1) is 6.04 Å². The second-order valence-corrected chi connectivity index (χ2v) is 4.94. The Morgan fingerprint density at radius 2 is 1.95 bits per heavy atom. The van der Waals surface area contributed by atoms with Crippen molar-refractivity contribution in [2.24, 2.45) is 7.05 Å². The molecule has 1 heterocycles. The zero-order valence-corrected chi connectivity index (χ0v) is 12.2. The summed E-state index contributed by atoms with van der Waals surface area (Å²) in [6.07, 6.45) is -2.86. The number of aromatic nitrogens is 2. The van der Waals surface area contributed by atoms with Crippen LogP contribution >= 0.6 is 11.6 Å². The maximum absolute atomic E-state index is 12.9. The van der Waals surface area contributed by atoms with Crippen LogP contribution in [0.2, 0.25) is 5.15 Å². The van der Waals surface area contributed by atoms with Gasteiger partial charge in [-0.2, -0.15) is 5.10 Å². The molecule has 0 aliphatic carbocycles. The van der Waals surface area contributed by atoms with Crippen molar-refractivity contribution in [2.45, 2.75) is 19.4 Å². The summed E-state index contributed by atoms with van der Waals surface area (Å²) in [5.41, 5.74) is -0.0262. The van der Waals surface area contributed by atoms with Gasteiger partial charge in [0.15, 0.2) is 0 Å². The zero-order chi connectivity index (χ0) is 15.6. The van der Waals surface area contributed by atoms with Gasteiger partial charge in [-0.1, -0.05) is 41.9 Å². The van der Waals surface area contributed by atoms with E-state index in [9.17, 15) is 13.6 Å². The van der Waals surface area contributed by atoms with Crippen LogP contribution in [-0.4, -0.2) is 15.7 Å². The van der Waals surface area contributed by atoms with Crippen LogP contribution < -0.4 is 5.32 Å². The van der Waals surface area contributed by atoms with Crippen molar-refractivity contribution in [1.82, 2.24) is 15.1 Å². The highest BCUT2D eigenvalue weighted by Gasteiger charge is 2.27. The number of aryl methyl sites for hydroxylation is 1. The Morgan fingerprint density at radius 3 is 2.52 bits per heavy atom. The Hall–Kier alpha value is -1.95. The third-order valence-corrected chi connectivity index (χ3v) is 3.52. The maximum Gasteiger partial charge on any atom is 0.283 e. The molecule has 0 aliphatic rings. The highest BCUT2D eigenvalue weighted by Crippen LogP contribution is 2.28. The maximum atomic E-state index is 12.9. The van der Waals surface area contributed by atoms with Crippen LogP contribution in [-0.2, 0) is 7.05 Å². The van der Waals surface area contributed by atoms with Gasteiger partial charge in [-0.3, -0.25) is 9.48 Å². The fourth-order valence-electron chi connectivity index (χ4n) is 1.98. The molecule has 7 heteroatoms. The molecule has 2 aromatic rings. The van der Waals surface area contributed by atoms with Gasteiger partial charge in [0, 0.05) is 7.05 Å². The summed E-state index contributed by atoms with van der Waals surface area (Å²) in [6, 6.07) is 8.86. The van der Waals surface area contributed by atoms with Crippen LogP contribution in [0.4, 0.5) is 8.78 Å². The normalized spacial score (nSPS) is 12.5. The number of carbonyl (C=O) groups is 1. The van der Waals surface area contributed by atoms with E-state index in [0.29, 0.717) is 0 Å². The summed E-state index contributed by atoms with van der Waals surface area (Å²) in [6.45, 7) is 1.76. The lowest BCUT2D eigenvalue weighted by Crippen LogP contribution is -2.27. The monoisotopic (exact) mass is 313 g/mol. The van der Waals surface area contributed by atoms with Crippen molar-refractivity contribution in [2.75, 3.05) is 0 Å². The first kappa shape index (κ1) is 15.4. The Kier molecular flexibility index (Phi) is 4.57. The molecule has 0 saturated heterocycles. The number of nitrogens with zero attached hydrogens (tertiary/aromatic N) is 2. The van der Waals surface area contributed by atoms with Crippen molar-refractivity contribution in [3.05, 3.63) is 52.3 Å². The Labute approximate surface area is 125 Å². The highest BCUT2D eigenvalue weighted by atomic mass is 35.5. The summed E-state index contributed by atoms with van der Waals surface area (Å²) in [4.78, 5) is 12.2. The second kappa shape index (κ2) is 6.22. The van der Waals surface area contributed by atoms with Gasteiger partial charge in [-0.25, -0.2) is 8.78 Å². The van der Waals surface area contributed by atoms with Gasteiger partial charge in [-0.05, 0) is 12.5 Å². The van der Waals surface area contributed by atoms with Crippen molar-refractivity contribution in [3.63, 3.8) is 0 Å². The number of hydrogen-bond acceptors (Lipinski definition) is 2. The number of benzene rings is 1. The first-order chi connectivity index (χ1) is 9.91. The molecule has 0 fully saturated rings. The molecule has 21 heavy (non-hydrogen) atoms. The van der Waals surface area contributed by atoms with Crippen molar-refractivity contribution >= 4 is 17.5 Å². The van der Waals surface area contributed by atoms with Crippen LogP contribution in [0.5, 0.6) is 0 Å².